The lowest BCUT2D eigenvalue weighted by atomic mass is 10.2. The number of halogens is 1. The second kappa shape index (κ2) is 5.30. The summed E-state index contributed by atoms with van der Waals surface area (Å²) in [5, 5.41) is 9.03. The minimum Gasteiger partial charge on any atom is -0.487 e. The number of aromatic nitrogens is 2. The molecule has 0 unspecified atom stereocenters. The average molecular weight is 272 g/mol. The van der Waals surface area contributed by atoms with Crippen molar-refractivity contribution in [3.05, 3.63) is 65.9 Å². The number of pyridine rings is 1. The summed E-state index contributed by atoms with van der Waals surface area (Å²) >= 11 is 0. The molecule has 0 fully saturated rings. The van der Waals surface area contributed by atoms with Gasteiger partial charge in [0.05, 0.1) is 12.3 Å². The largest absolute Gasteiger partial charge is 0.487 e. The molecule has 3 aromatic rings. The molecule has 1 aromatic carbocycles. The van der Waals surface area contributed by atoms with Crippen molar-refractivity contribution in [2.45, 2.75) is 13.2 Å². The van der Waals surface area contributed by atoms with Crippen LogP contribution in [0.3, 0.4) is 0 Å². The minimum atomic E-state index is -0.429. The molecule has 0 atom stereocenters. The smallest absolute Gasteiger partial charge is 0.137 e. The number of hydrogen-bond donors (Lipinski definition) is 1. The highest BCUT2D eigenvalue weighted by Crippen LogP contribution is 2.18. The zero-order valence-corrected chi connectivity index (χ0v) is 10.7. The lowest BCUT2D eigenvalue weighted by molar-refractivity contribution is 0.276. The normalized spacial score (nSPS) is 10.9. The number of aliphatic hydroxyl groups excluding tert-OH is 1. The topological polar surface area (TPSA) is 46.8 Å². The maximum absolute atomic E-state index is 13.3. The number of ether oxygens (including phenoxy) is 1. The van der Waals surface area contributed by atoms with Crippen molar-refractivity contribution in [2.24, 2.45) is 0 Å². The fraction of sp³-hybridized carbons (Fsp3) is 0.133. The van der Waals surface area contributed by atoms with Gasteiger partial charge in [-0.2, -0.15) is 0 Å². The first kappa shape index (κ1) is 12.6. The van der Waals surface area contributed by atoms with Gasteiger partial charge in [0.25, 0.3) is 0 Å². The van der Waals surface area contributed by atoms with Gasteiger partial charge >= 0.3 is 0 Å². The van der Waals surface area contributed by atoms with E-state index in [1.807, 2.05) is 35.0 Å². The third-order valence-electron chi connectivity index (χ3n) is 2.91. The van der Waals surface area contributed by atoms with E-state index in [4.69, 9.17) is 9.84 Å². The maximum atomic E-state index is 13.3. The Morgan fingerprint density at radius 3 is 2.95 bits per heavy atom. The maximum Gasteiger partial charge on any atom is 0.137 e. The van der Waals surface area contributed by atoms with Gasteiger partial charge in [-0.3, -0.25) is 0 Å². The fourth-order valence-corrected chi connectivity index (χ4v) is 2.01. The SMILES string of the molecule is OCc1cc(F)cc(OCc2cn3ccccc3n2)c1. The second-order valence-corrected chi connectivity index (χ2v) is 4.44. The van der Waals surface area contributed by atoms with Crippen LogP contribution < -0.4 is 4.74 Å². The molecule has 0 aliphatic rings. The molecule has 1 N–H and O–H groups in total. The third-order valence-corrected chi connectivity index (χ3v) is 2.91. The van der Waals surface area contributed by atoms with E-state index in [2.05, 4.69) is 4.98 Å². The van der Waals surface area contributed by atoms with Crippen LogP contribution in [0.5, 0.6) is 5.75 Å². The zero-order chi connectivity index (χ0) is 13.9. The summed E-state index contributed by atoms with van der Waals surface area (Å²) in [6, 6.07) is 9.90. The van der Waals surface area contributed by atoms with Crippen LogP contribution in [0.2, 0.25) is 0 Å². The predicted octanol–water partition coefficient (Wildman–Crippen LogP) is 2.54. The molecule has 102 valence electrons. The second-order valence-electron chi connectivity index (χ2n) is 4.44. The van der Waals surface area contributed by atoms with E-state index in [1.165, 1.54) is 12.1 Å². The van der Waals surface area contributed by atoms with E-state index in [0.29, 0.717) is 11.3 Å². The molecule has 0 bridgehead atoms. The zero-order valence-electron chi connectivity index (χ0n) is 10.7. The molecule has 2 heterocycles. The Bertz CT molecular complexity index is 707. The van der Waals surface area contributed by atoms with E-state index in [9.17, 15) is 4.39 Å². The Morgan fingerprint density at radius 1 is 1.25 bits per heavy atom. The number of nitrogens with zero attached hydrogens (tertiary/aromatic N) is 2. The Balaban J connectivity index is 1.77. The molecule has 3 rings (SSSR count). The van der Waals surface area contributed by atoms with Gasteiger partial charge in [-0.15, -0.1) is 0 Å². The molecule has 0 spiro atoms. The molecule has 4 nitrogen and oxygen atoms in total. The van der Waals surface area contributed by atoms with Crippen molar-refractivity contribution < 1.29 is 14.2 Å². The van der Waals surface area contributed by atoms with Crippen LogP contribution in [-0.2, 0) is 13.2 Å². The Labute approximate surface area is 115 Å². The molecular weight excluding hydrogens is 259 g/mol. The summed E-state index contributed by atoms with van der Waals surface area (Å²) in [5.41, 5.74) is 2.07. The molecule has 0 saturated carbocycles. The van der Waals surface area contributed by atoms with Gasteiger partial charge in [-0.1, -0.05) is 6.07 Å². The van der Waals surface area contributed by atoms with Crippen LogP contribution in [0.15, 0.2) is 48.8 Å². The van der Waals surface area contributed by atoms with Crippen LogP contribution in [0.4, 0.5) is 4.39 Å². The van der Waals surface area contributed by atoms with Crippen molar-refractivity contribution in [1.29, 1.82) is 0 Å². The van der Waals surface area contributed by atoms with E-state index in [1.54, 1.807) is 6.07 Å². The Hall–Kier alpha value is -2.40. The summed E-state index contributed by atoms with van der Waals surface area (Å²) < 4.78 is 20.7. The van der Waals surface area contributed by atoms with Crippen molar-refractivity contribution >= 4 is 5.65 Å². The lowest BCUT2D eigenvalue weighted by Gasteiger charge is -2.06. The average Bonchev–Trinajstić information content (AvgIpc) is 2.87. The third kappa shape index (κ3) is 2.62. The first-order valence-electron chi connectivity index (χ1n) is 6.20. The molecule has 0 amide bonds. The fourth-order valence-electron chi connectivity index (χ4n) is 2.01. The summed E-state index contributed by atoms with van der Waals surface area (Å²) in [4.78, 5) is 4.39. The first-order chi connectivity index (χ1) is 9.74. The van der Waals surface area contributed by atoms with Gasteiger partial charge in [-0.05, 0) is 29.8 Å². The van der Waals surface area contributed by atoms with Gasteiger partial charge in [-0.25, -0.2) is 9.37 Å². The molecule has 20 heavy (non-hydrogen) atoms. The highest BCUT2D eigenvalue weighted by atomic mass is 19.1. The van der Waals surface area contributed by atoms with Gasteiger partial charge in [0, 0.05) is 18.5 Å². The van der Waals surface area contributed by atoms with Crippen molar-refractivity contribution in [2.75, 3.05) is 0 Å². The first-order valence-corrected chi connectivity index (χ1v) is 6.20. The molecule has 0 radical (unpaired) electrons. The quantitative estimate of drug-likeness (QED) is 0.794. The number of rotatable bonds is 4. The van der Waals surface area contributed by atoms with Gasteiger partial charge < -0.3 is 14.2 Å². The van der Waals surface area contributed by atoms with Crippen LogP contribution in [0, 0.1) is 5.82 Å². The van der Waals surface area contributed by atoms with Gasteiger partial charge in [0.2, 0.25) is 0 Å². The van der Waals surface area contributed by atoms with E-state index < -0.39 is 5.82 Å². The van der Waals surface area contributed by atoms with E-state index in [-0.39, 0.29) is 13.2 Å². The van der Waals surface area contributed by atoms with E-state index in [0.717, 1.165) is 11.3 Å². The lowest BCUT2D eigenvalue weighted by Crippen LogP contribution is -1.97. The minimum absolute atomic E-state index is 0.220. The number of benzene rings is 1. The molecule has 5 heteroatoms. The van der Waals surface area contributed by atoms with E-state index >= 15 is 0 Å². The van der Waals surface area contributed by atoms with Crippen LogP contribution in [0.1, 0.15) is 11.3 Å². The monoisotopic (exact) mass is 272 g/mol. The number of fused-ring (bicyclic) bond motifs is 1. The van der Waals surface area contributed by atoms with Crippen molar-refractivity contribution in [1.82, 2.24) is 9.38 Å². The summed E-state index contributed by atoms with van der Waals surface area (Å²) in [5.74, 6) is -0.0485. The standard InChI is InChI=1S/C15H13FN2O2/c16-12-5-11(9-19)6-14(7-12)20-10-13-8-18-4-2-1-3-15(18)17-13/h1-8,19H,9-10H2. The predicted molar refractivity (Wildman–Crippen MR) is 71.8 cm³/mol. The Kier molecular flexibility index (Phi) is 3.35. The number of hydrogen-bond acceptors (Lipinski definition) is 3. The molecule has 0 aliphatic carbocycles. The number of aliphatic hydroxyl groups is 1. The highest BCUT2D eigenvalue weighted by molar-refractivity contribution is 5.39. The Morgan fingerprint density at radius 2 is 2.15 bits per heavy atom. The number of imidazole rings is 1. The van der Waals surface area contributed by atoms with Gasteiger partial charge in [0.15, 0.2) is 0 Å². The molecule has 2 aromatic heterocycles. The summed E-state index contributed by atoms with van der Waals surface area (Å²) in [7, 11) is 0. The molecule has 0 saturated heterocycles. The summed E-state index contributed by atoms with van der Waals surface area (Å²) in [6.45, 7) is 0.0263. The molecular formula is C15H13FN2O2. The van der Waals surface area contributed by atoms with Crippen LogP contribution in [-0.4, -0.2) is 14.5 Å². The van der Waals surface area contributed by atoms with Crippen molar-refractivity contribution in [3.63, 3.8) is 0 Å². The van der Waals surface area contributed by atoms with Gasteiger partial charge in [0.1, 0.15) is 23.8 Å². The summed E-state index contributed by atoms with van der Waals surface area (Å²) in [6.07, 6.45) is 3.76. The van der Waals surface area contributed by atoms with Crippen LogP contribution >= 0.6 is 0 Å². The molecule has 0 aliphatic heterocycles. The van der Waals surface area contributed by atoms with Crippen molar-refractivity contribution in [3.8, 4) is 5.75 Å². The highest BCUT2D eigenvalue weighted by Gasteiger charge is 2.04. The van der Waals surface area contributed by atoms with Crippen LogP contribution in [0.25, 0.3) is 5.65 Å².